The summed E-state index contributed by atoms with van der Waals surface area (Å²) in [6, 6.07) is 7.30. The molecule has 1 amide bonds. The van der Waals surface area contributed by atoms with Gasteiger partial charge >= 0.3 is 0 Å². The van der Waals surface area contributed by atoms with Crippen molar-refractivity contribution >= 4 is 17.3 Å². The molecule has 5 nitrogen and oxygen atoms in total. The largest absolute Gasteiger partial charge is 0.300 e. The van der Waals surface area contributed by atoms with Crippen molar-refractivity contribution in [1.29, 1.82) is 0 Å². The number of carbonyl (C=O) groups excluding carboxylic acids is 1. The van der Waals surface area contributed by atoms with Crippen LogP contribution in [-0.4, -0.2) is 11.6 Å². The Morgan fingerprint density at radius 2 is 2.00 bits per heavy atom. The molecule has 0 saturated heterocycles. The van der Waals surface area contributed by atoms with E-state index in [0.717, 1.165) is 5.22 Å². The number of carbonyl (C=O) groups is 1. The van der Waals surface area contributed by atoms with Gasteiger partial charge in [-0.05, 0) is 11.3 Å². The van der Waals surface area contributed by atoms with Gasteiger partial charge in [-0.15, -0.1) is 10.2 Å². The van der Waals surface area contributed by atoms with Gasteiger partial charge in [0.25, 0.3) is 5.91 Å². The van der Waals surface area contributed by atoms with E-state index >= 15 is 0 Å². The number of nitrogens with zero attached hydrogens (tertiary/aromatic N) is 4. The molecule has 1 aromatic carbocycles. The lowest BCUT2D eigenvalue weighted by molar-refractivity contribution is -0.112. The monoisotopic (exact) mass is 184 g/mol. The first-order valence-electron chi connectivity index (χ1n) is 4.08. The lowest BCUT2D eigenvalue weighted by Crippen LogP contribution is -2.36. The fraction of sp³-hybridized carbons (Fsp3) is 0. The van der Waals surface area contributed by atoms with E-state index in [-0.39, 0.29) is 11.6 Å². The first-order chi connectivity index (χ1) is 6.86. The van der Waals surface area contributed by atoms with Crippen LogP contribution in [0.25, 0.3) is 5.70 Å². The van der Waals surface area contributed by atoms with Crippen LogP contribution in [0.4, 0.5) is 0 Å². The van der Waals surface area contributed by atoms with Crippen LogP contribution in [0, 0.1) is 0 Å². The molecule has 2 aliphatic heterocycles. The highest BCUT2D eigenvalue weighted by Gasteiger charge is 2.24. The number of fused-ring (bicyclic) bond motifs is 2. The van der Waals surface area contributed by atoms with Crippen LogP contribution in [0.1, 0.15) is 0 Å². The zero-order valence-electron chi connectivity index (χ0n) is 7.01. The van der Waals surface area contributed by atoms with Crippen LogP contribution >= 0.6 is 0 Å². The van der Waals surface area contributed by atoms with Crippen LogP contribution in [0.5, 0.6) is 0 Å². The van der Waals surface area contributed by atoms with E-state index in [1.54, 1.807) is 6.07 Å². The summed E-state index contributed by atoms with van der Waals surface area (Å²) in [6.45, 7) is 0. The van der Waals surface area contributed by atoms with Gasteiger partial charge in [0.05, 0.1) is 5.36 Å². The molecule has 0 aliphatic carbocycles. The second-order valence-electron chi connectivity index (χ2n) is 2.92. The molecule has 2 heterocycles. The summed E-state index contributed by atoms with van der Waals surface area (Å²) in [5.41, 5.74) is 0.768. The number of hydrogen-bond acceptors (Lipinski definition) is 4. The standard InChI is InChI=1S/C9H4N4O/c14-9-8-7(11-13-12-8)5-3-1-2-4-6(5)10-9/h1-4H. The van der Waals surface area contributed by atoms with Gasteiger partial charge in [0.2, 0.25) is 0 Å². The number of rotatable bonds is 0. The molecule has 1 aromatic rings. The van der Waals surface area contributed by atoms with E-state index < -0.39 is 0 Å². The fourth-order valence-corrected chi connectivity index (χ4v) is 1.47. The van der Waals surface area contributed by atoms with Gasteiger partial charge in [0, 0.05) is 5.22 Å². The zero-order valence-corrected chi connectivity index (χ0v) is 7.01. The van der Waals surface area contributed by atoms with Crippen molar-refractivity contribution in [2.45, 2.75) is 0 Å². The smallest absolute Gasteiger partial charge is 0.265 e. The van der Waals surface area contributed by atoms with Gasteiger partial charge in [0.15, 0.2) is 5.71 Å². The van der Waals surface area contributed by atoms with Crippen LogP contribution < -0.4 is 10.6 Å². The average Bonchev–Trinajstić information content (AvgIpc) is 2.67. The molecule has 0 bridgehead atoms. The minimum atomic E-state index is -0.372. The van der Waals surface area contributed by atoms with Gasteiger partial charge in [-0.1, -0.05) is 18.2 Å². The summed E-state index contributed by atoms with van der Waals surface area (Å²) in [6.07, 6.45) is 0. The molecule has 66 valence electrons. The molecular weight excluding hydrogens is 180 g/mol. The maximum absolute atomic E-state index is 11.4. The number of hydrogen-bond donors (Lipinski definition) is 0. The Morgan fingerprint density at radius 3 is 2.93 bits per heavy atom. The second-order valence-corrected chi connectivity index (χ2v) is 2.92. The number of amides is 1. The Kier molecular flexibility index (Phi) is 1.25. The second kappa shape index (κ2) is 2.41. The lowest BCUT2D eigenvalue weighted by Gasteiger charge is -2.01. The van der Waals surface area contributed by atoms with Crippen LogP contribution in [0.3, 0.4) is 0 Å². The van der Waals surface area contributed by atoms with Crippen molar-refractivity contribution < 1.29 is 4.79 Å². The van der Waals surface area contributed by atoms with Crippen molar-refractivity contribution in [1.82, 2.24) is 0 Å². The van der Waals surface area contributed by atoms with Gasteiger partial charge in [0.1, 0.15) is 5.70 Å². The molecule has 14 heavy (non-hydrogen) atoms. The molecule has 0 fully saturated rings. The molecule has 0 N–H and O–H groups in total. The zero-order chi connectivity index (χ0) is 9.54. The Hall–Kier alpha value is -2.17. The van der Waals surface area contributed by atoms with E-state index in [4.69, 9.17) is 0 Å². The Labute approximate surface area is 78.2 Å². The number of para-hydroxylation sites is 1. The quantitative estimate of drug-likeness (QED) is 0.549. The molecule has 0 atom stereocenters. The molecule has 3 rings (SSSR count). The predicted octanol–water partition coefficient (Wildman–Crippen LogP) is -0.224. The Balaban J connectivity index is 2.57. The first-order valence-corrected chi connectivity index (χ1v) is 4.08. The summed E-state index contributed by atoms with van der Waals surface area (Å²) >= 11 is 0. The Morgan fingerprint density at radius 1 is 1.14 bits per heavy atom. The van der Waals surface area contributed by atoms with Crippen molar-refractivity contribution in [2.75, 3.05) is 0 Å². The summed E-state index contributed by atoms with van der Waals surface area (Å²) in [4.78, 5) is 15.3. The normalized spacial score (nSPS) is 17.3. The topological polar surface area (TPSA) is 66.5 Å². The van der Waals surface area contributed by atoms with E-state index in [9.17, 15) is 4.79 Å². The van der Waals surface area contributed by atoms with Crippen molar-refractivity contribution in [3.8, 4) is 0 Å². The maximum Gasteiger partial charge on any atom is 0.300 e. The van der Waals surface area contributed by atoms with Crippen LogP contribution in [0.15, 0.2) is 44.7 Å². The summed E-state index contributed by atoms with van der Waals surface area (Å²) < 4.78 is 0. The minimum absolute atomic E-state index is 0.240. The first kappa shape index (κ1) is 7.25. The van der Waals surface area contributed by atoms with Gasteiger partial charge in [-0.25, -0.2) is 4.99 Å². The van der Waals surface area contributed by atoms with E-state index in [1.807, 2.05) is 18.2 Å². The van der Waals surface area contributed by atoms with Crippen molar-refractivity contribution in [2.24, 2.45) is 20.4 Å². The highest BCUT2D eigenvalue weighted by molar-refractivity contribution is 6.54. The molecule has 5 heteroatoms. The molecular formula is C9H4N4O. The highest BCUT2D eigenvalue weighted by atomic mass is 16.1. The lowest BCUT2D eigenvalue weighted by atomic mass is 10.1. The fourth-order valence-electron chi connectivity index (χ4n) is 1.47. The molecule has 0 saturated carbocycles. The third kappa shape index (κ3) is 0.806. The van der Waals surface area contributed by atoms with Crippen LogP contribution in [0.2, 0.25) is 0 Å². The molecule has 0 spiro atoms. The van der Waals surface area contributed by atoms with Crippen molar-refractivity contribution in [3.63, 3.8) is 0 Å². The molecule has 0 radical (unpaired) electrons. The minimum Gasteiger partial charge on any atom is -0.265 e. The highest BCUT2D eigenvalue weighted by Crippen LogP contribution is 2.11. The molecule has 2 aliphatic rings. The van der Waals surface area contributed by atoms with E-state index in [2.05, 4.69) is 20.4 Å². The summed E-state index contributed by atoms with van der Waals surface area (Å²) in [5, 5.41) is 12.4. The van der Waals surface area contributed by atoms with Crippen molar-refractivity contribution in [3.05, 3.63) is 34.8 Å². The summed E-state index contributed by atoms with van der Waals surface area (Å²) in [7, 11) is 0. The summed E-state index contributed by atoms with van der Waals surface area (Å²) in [5.74, 6) is -0.372. The third-order valence-corrected chi connectivity index (χ3v) is 2.10. The maximum atomic E-state index is 11.4. The molecule has 0 unspecified atom stereocenters. The Bertz CT molecular complexity index is 612. The van der Waals surface area contributed by atoms with E-state index in [1.165, 1.54) is 0 Å². The third-order valence-electron chi connectivity index (χ3n) is 2.10. The average molecular weight is 184 g/mol. The van der Waals surface area contributed by atoms with E-state index in [0.29, 0.717) is 11.1 Å². The number of benzene rings is 1. The SMILES string of the molecule is O=C1N=c2ccccc2=C2N=NN=C12. The van der Waals surface area contributed by atoms with Gasteiger partial charge < -0.3 is 0 Å². The molecule has 0 aromatic heterocycles. The van der Waals surface area contributed by atoms with Gasteiger partial charge in [-0.2, -0.15) is 0 Å². The van der Waals surface area contributed by atoms with Gasteiger partial charge in [-0.3, -0.25) is 4.79 Å². The van der Waals surface area contributed by atoms with Crippen LogP contribution in [-0.2, 0) is 4.79 Å². The predicted molar refractivity (Wildman–Crippen MR) is 47.9 cm³/mol.